The van der Waals surface area contributed by atoms with Crippen LogP contribution in [0, 0.1) is 4.91 Å². The summed E-state index contributed by atoms with van der Waals surface area (Å²) in [6, 6.07) is 31.9. The number of halogens is 2. The van der Waals surface area contributed by atoms with Gasteiger partial charge in [0.1, 0.15) is 0 Å². The molecule has 0 spiro atoms. The molecule has 7 heteroatoms. The van der Waals surface area contributed by atoms with Gasteiger partial charge in [-0.2, -0.15) is 0 Å². The number of hydrogen-bond acceptors (Lipinski definition) is 3. The zero-order chi connectivity index (χ0) is 21.8. The van der Waals surface area contributed by atoms with Gasteiger partial charge < -0.3 is 0 Å². The molecule has 0 aliphatic carbocycles. The van der Waals surface area contributed by atoms with Gasteiger partial charge in [0.2, 0.25) is 0 Å². The van der Waals surface area contributed by atoms with E-state index in [2.05, 4.69) is 0 Å². The Labute approximate surface area is 194 Å². The molecule has 0 fully saturated rings. The molecule has 0 aliphatic rings. The average Bonchev–Trinajstić information content (AvgIpc) is 2.82. The first kappa shape index (κ1) is 21.7. The third-order valence-corrected chi connectivity index (χ3v) is 16.6. The Morgan fingerprint density at radius 2 is 1.03 bits per heavy atom. The third-order valence-electron chi connectivity index (χ3n) is 4.95. The van der Waals surface area contributed by atoms with Crippen LogP contribution >= 0.6 is 23.2 Å². The fourth-order valence-corrected chi connectivity index (χ4v) is 14.4. The zero-order valence-electron chi connectivity index (χ0n) is 16.2. The van der Waals surface area contributed by atoms with E-state index in [-0.39, 0.29) is 15.7 Å². The van der Waals surface area contributed by atoms with Crippen LogP contribution in [0.2, 0.25) is 10.0 Å². The summed E-state index contributed by atoms with van der Waals surface area (Å²) in [5.41, 5.74) is 0.0680. The Hall–Kier alpha value is -2.54. The standard InChI is InChI=1S/C6H3Cl2NO3.3C6H5.Sn/c7-4-1-3(9(11)12)2-5(8)6(4)10;3*1-2-4-6-5-3-1;/h1-2,10H;3*1-5H;/q;;;;+1/p-1. The van der Waals surface area contributed by atoms with Crippen LogP contribution in [0.3, 0.4) is 0 Å². The number of nitrogens with zero attached hydrogens (tertiary/aromatic N) is 1. The van der Waals surface area contributed by atoms with Crippen LogP contribution in [0.25, 0.3) is 0 Å². The van der Waals surface area contributed by atoms with Crippen molar-refractivity contribution in [2.24, 2.45) is 0 Å². The van der Waals surface area contributed by atoms with Crippen molar-refractivity contribution in [3.63, 3.8) is 0 Å². The van der Waals surface area contributed by atoms with Crippen molar-refractivity contribution in [3.05, 3.63) is 118 Å². The molecule has 0 saturated carbocycles. The van der Waals surface area contributed by atoms with Crippen molar-refractivity contribution in [1.29, 1.82) is 0 Å². The Balaban J connectivity index is 1.93. The molecule has 0 heterocycles. The molecule has 0 amide bonds. The van der Waals surface area contributed by atoms with E-state index in [4.69, 9.17) is 26.4 Å². The van der Waals surface area contributed by atoms with Gasteiger partial charge in [0.15, 0.2) is 0 Å². The quantitative estimate of drug-likeness (QED) is 0.266. The van der Waals surface area contributed by atoms with Crippen molar-refractivity contribution in [1.82, 2.24) is 0 Å². The summed E-state index contributed by atoms with van der Waals surface area (Å²) in [6.45, 7) is 0. The Morgan fingerprint density at radius 3 is 1.39 bits per heavy atom. The van der Waals surface area contributed by atoms with Crippen LogP contribution in [0.4, 0.5) is 5.69 Å². The Bertz CT molecular complexity index is 1090. The molecule has 0 atom stereocenters. The van der Waals surface area contributed by atoms with Crippen LogP contribution < -0.4 is 15.8 Å². The molecule has 0 aromatic heterocycles. The summed E-state index contributed by atoms with van der Waals surface area (Å²) in [7, 11) is 0. The van der Waals surface area contributed by atoms with Gasteiger partial charge in [-0.1, -0.05) is 0 Å². The zero-order valence-corrected chi connectivity index (χ0v) is 20.6. The summed E-state index contributed by atoms with van der Waals surface area (Å²) in [5.74, 6) is -0.524. The summed E-state index contributed by atoms with van der Waals surface area (Å²) >= 11 is 7.67. The summed E-state index contributed by atoms with van der Waals surface area (Å²) < 4.78 is 9.30. The molecule has 4 nitrogen and oxygen atoms in total. The maximum atomic E-state index is 13.3. The molecule has 0 radical (unpaired) electrons. The predicted octanol–water partition coefficient (Wildman–Crippen LogP) is 4.08. The Morgan fingerprint density at radius 1 is 0.677 bits per heavy atom. The van der Waals surface area contributed by atoms with E-state index in [1.165, 1.54) is 12.1 Å². The molecule has 0 saturated heterocycles. The first-order valence-corrected chi connectivity index (χ1v) is 15.7. The molecule has 4 aromatic carbocycles. The maximum absolute atomic E-state index is 13.3. The van der Waals surface area contributed by atoms with Gasteiger partial charge in [-0.25, -0.2) is 0 Å². The topological polar surface area (TPSA) is 52.4 Å². The summed E-state index contributed by atoms with van der Waals surface area (Å²) in [4.78, 5) is 13.8. The molecule has 31 heavy (non-hydrogen) atoms. The van der Waals surface area contributed by atoms with Gasteiger partial charge in [0.05, 0.1) is 0 Å². The number of rotatable bonds is 6. The van der Waals surface area contributed by atoms with Gasteiger partial charge >= 0.3 is 195 Å². The molecule has 4 aromatic rings. The molecular weight excluding hydrogens is 540 g/mol. The van der Waals surface area contributed by atoms with E-state index in [0.717, 1.165) is 10.7 Å². The van der Waals surface area contributed by atoms with Crippen molar-refractivity contribution in [2.75, 3.05) is 0 Å². The van der Waals surface area contributed by atoms with Crippen LogP contribution in [0.5, 0.6) is 5.75 Å². The second-order valence-electron chi connectivity index (χ2n) is 6.87. The van der Waals surface area contributed by atoms with Crippen molar-refractivity contribution >= 4 is 58.4 Å². The molecule has 4 rings (SSSR count). The van der Waals surface area contributed by atoms with E-state index in [1.54, 1.807) is 0 Å². The second kappa shape index (κ2) is 9.30. The summed E-state index contributed by atoms with van der Waals surface area (Å²) in [5, 5.41) is 11.6. The van der Waals surface area contributed by atoms with Gasteiger partial charge in [-0.3, -0.25) is 0 Å². The fraction of sp³-hybridized carbons (Fsp3) is 0. The van der Waals surface area contributed by atoms with Crippen molar-refractivity contribution in [2.45, 2.75) is 0 Å². The van der Waals surface area contributed by atoms with Gasteiger partial charge in [0, 0.05) is 0 Å². The van der Waals surface area contributed by atoms with Gasteiger partial charge in [-0.05, 0) is 0 Å². The molecular formula is C24H17Cl2NO3Sn. The first-order chi connectivity index (χ1) is 15.0. The van der Waals surface area contributed by atoms with E-state index in [1.807, 2.05) is 91.0 Å². The minimum atomic E-state index is -4.30. The van der Waals surface area contributed by atoms with Crippen LogP contribution in [0.15, 0.2) is 103 Å². The average molecular weight is 557 g/mol. The van der Waals surface area contributed by atoms with Crippen molar-refractivity contribution < 1.29 is 13.2 Å². The van der Waals surface area contributed by atoms with Crippen LogP contribution in [-0.2, 0) is 3.17 Å². The van der Waals surface area contributed by atoms with Crippen molar-refractivity contribution in [3.8, 4) is 5.75 Å². The molecule has 0 N–H and O–H groups in total. The van der Waals surface area contributed by atoms with E-state index in [0.29, 0.717) is 4.92 Å². The third kappa shape index (κ3) is 4.28. The second-order valence-corrected chi connectivity index (χ2v) is 17.0. The van der Waals surface area contributed by atoms with Gasteiger partial charge in [0.25, 0.3) is 0 Å². The fourth-order valence-electron chi connectivity index (χ4n) is 3.51. The molecule has 0 aliphatic heterocycles. The van der Waals surface area contributed by atoms with Crippen LogP contribution in [-0.4, -0.2) is 23.7 Å². The molecule has 154 valence electrons. The molecule has 0 unspecified atom stereocenters. The first-order valence-electron chi connectivity index (χ1n) is 9.51. The minimum absolute atomic E-state index is 0.0680. The Kier molecular flexibility index (Phi) is 6.51. The van der Waals surface area contributed by atoms with Gasteiger partial charge in [-0.15, -0.1) is 0 Å². The number of hydrogen-bond donors (Lipinski definition) is 0. The normalized spacial score (nSPS) is 11.2. The van der Waals surface area contributed by atoms with E-state index >= 15 is 0 Å². The van der Waals surface area contributed by atoms with E-state index < -0.39 is 24.5 Å². The monoisotopic (exact) mass is 557 g/mol. The van der Waals surface area contributed by atoms with E-state index in [9.17, 15) is 10.0 Å². The SMILES string of the molecule is O=[N+]([O][Sn]([c]1ccccc1)([c]1ccccc1)[c]1ccccc1)c1cc(Cl)c([O-])c(Cl)c1. The summed E-state index contributed by atoms with van der Waals surface area (Å²) in [6.07, 6.45) is 0. The van der Waals surface area contributed by atoms with Crippen LogP contribution in [0.1, 0.15) is 0 Å². The molecule has 0 bridgehead atoms. The number of benzene rings is 4. The predicted molar refractivity (Wildman–Crippen MR) is 124 cm³/mol.